The first-order valence-corrected chi connectivity index (χ1v) is 8.39. The Balaban J connectivity index is 1.98. The molecule has 2 heterocycles. The van der Waals surface area contributed by atoms with E-state index < -0.39 is 41.3 Å². The number of amidine groups is 1. The van der Waals surface area contributed by atoms with Crippen LogP contribution in [0.1, 0.15) is 33.6 Å². The number of ketones is 1. The highest BCUT2D eigenvalue weighted by molar-refractivity contribution is 5.95. The zero-order chi connectivity index (χ0) is 21.2. The molecule has 1 aromatic carbocycles. The molecule has 1 atom stereocenters. The molecule has 1 aliphatic heterocycles. The van der Waals surface area contributed by atoms with Gasteiger partial charge in [-0.3, -0.25) is 9.78 Å². The molecule has 150 valence electrons. The Morgan fingerprint density at radius 1 is 1.31 bits per heavy atom. The zero-order valence-electron chi connectivity index (χ0n) is 14.8. The molecular formula is C19H14F4N4O2. The predicted octanol–water partition coefficient (Wildman–Crippen LogP) is 3.01. The van der Waals surface area contributed by atoms with Crippen molar-refractivity contribution in [3.63, 3.8) is 0 Å². The van der Waals surface area contributed by atoms with Crippen molar-refractivity contribution in [3.8, 4) is 6.07 Å². The Kier molecular flexibility index (Phi) is 5.24. The number of alkyl halides is 3. The monoisotopic (exact) mass is 406 g/mol. The average molecular weight is 406 g/mol. The van der Waals surface area contributed by atoms with E-state index in [9.17, 15) is 22.4 Å². The summed E-state index contributed by atoms with van der Waals surface area (Å²) in [7, 11) is 0. The number of benzene rings is 1. The van der Waals surface area contributed by atoms with E-state index in [4.69, 9.17) is 15.7 Å². The van der Waals surface area contributed by atoms with Crippen LogP contribution in [0.3, 0.4) is 0 Å². The Morgan fingerprint density at radius 3 is 2.66 bits per heavy atom. The fraction of sp³-hybridized carbons (Fsp3) is 0.263. The number of nitrogens with zero attached hydrogens (tertiary/aromatic N) is 3. The number of pyridine rings is 1. The van der Waals surface area contributed by atoms with Crippen LogP contribution < -0.4 is 5.73 Å². The number of ether oxygens (including phenoxy) is 1. The van der Waals surface area contributed by atoms with Crippen LogP contribution in [0.5, 0.6) is 0 Å². The summed E-state index contributed by atoms with van der Waals surface area (Å²) >= 11 is 0. The van der Waals surface area contributed by atoms with E-state index >= 15 is 0 Å². The third-order valence-electron chi connectivity index (χ3n) is 4.50. The number of carbonyl (C=O) groups is 1. The highest BCUT2D eigenvalue weighted by atomic mass is 19.4. The lowest BCUT2D eigenvalue weighted by Gasteiger charge is -2.35. The smallest absolute Gasteiger partial charge is 0.418 e. The lowest BCUT2D eigenvalue weighted by molar-refractivity contribution is -0.196. The second kappa shape index (κ2) is 7.50. The van der Waals surface area contributed by atoms with Crippen molar-refractivity contribution in [2.45, 2.75) is 24.6 Å². The Bertz CT molecular complexity index is 1010. The summed E-state index contributed by atoms with van der Waals surface area (Å²) in [4.78, 5) is 19.6. The second-order valence-electron chi connectivity index (χ2n) is 6.36. The molecule has 2 aromatic rings. The Hall–Kier alpha value is -3.48. The number of Topliss-reactive ketones (excluding diaryl/α,β-unsaturated/α-hetero) is 1. The molecule has 0 saturated carbocycles. The number of nitrogens with two attached hydrogens (primary N) is 1. The second-order valence-corrected chi connectivity index (χ2v) is 6.36. The number of aliphatic imine (C=N–C) groups is 1. The fourth-order valence-electron chi connectivity index (χ4n) is 3.03. The van der Waals surface area contributed by atoms with E-state index in [2.05, 4.69) is 9.98 Å². The molecule has 1 aliphatic rings. The van der Waals surface area contributed by atoms with Crippen molar-refractivity contribution in [3.05, 3.63) is 64.7 Å². The zero-order valence-corrected chi connectivity index (χ0v) is 14.8. The predicted molar refractivity (Wildman–Crippen MR) is 93.3 cm³/mol. The van der Waals surface area contributed by atoms with E-state index in [0.29, 0.717) is 0 Å². The maximum Gasteiger partial charge on any atom is 0.418 e. The first kappa shape index (κ1) is 20.3. The van der Waals surface area contributed by atoms with Gasteiger partial charge < -0.3 is 10.5 Å². The Labute approximate surface area is 162 Å². The van der Waals surface area contributed by atoms with E-state index in [1.807, 2.05) is 6.07 Å². The summed E-state index contributed by atoms with van der Waals surface area (Å²) in [5.41, 5.74) is 2.15. The van der Waals surface area contributed by atoms with Gasteiger partial charge in [0.2, 0.25) is 0 Å². The fourth-order valence-corrected chi connectivity index (χ4v) is 3.03. The number of hydrogen-bond donors (Lipinski definition) is 1. The van der Waals surface area contributed by atoms with E-state index in [0.717, 1.165) is 12.1 Å². The number of nitriles is 1. The molecule has 6 nitrogen and oxygen atoms in total. The van der Waals surface area contributed by atoms with Gasteiger partial charge in [0.25, 0.3) is 6.02 Å². The van der Waals surface area contributed by atoms with Gasteiger partial charge in [-0.2, -0.15) is 18.4 Å². The van der Waals surface area contributed by atoms with Crippen LogP contribution in [0, 0.1) is 17.1 Å². The molecule has 29 heavy (non-hydrogen) atoms. The lowest BCUT2D eigenvalue weighted by atomic mass is 9.84. The van der Waals surface area contributed by atoms with Crippen molar-refractivity contribution in [1.29, 1.82) is 5.26 Å². The summed E-state index contributed by atoms with van der Waals surface area (Å²) in [6.07, 6.45) is -4.68. The van der Waals surface area contributed by atoms with Crippen LogP contribution in [0.25, 0.3) is 0 Å². The SMILES string of the molecule is N#Cc1ccc(C(=O)Cc2ccc(F)c([C@]3(C(F)(F)F)CCOC(N)=N3)c2)nc1. The van der Waals surface area contributed by atoms with Gasteiger partial charge in [-0.1, -0.05) is 6.07 Å². The van der Waals surface area contributed by atoms with Gasteiger partial charge in [-0.15, -0.1) is 0 Å². The third kappa shape index (κ3) is 3.89. The molecule has 0 bridgehead atoms. The van der Waals surface area contributed by atoms with Gasteiger partial charge in [-0.05, 0) is 29.8 Å². The summed E-state index contributed by atoms with van der Waals surface area (Å²) in [6.45, 7) is -0.382. The lowest BCUT2D eigenvalue weighted by Crippen LogP contribution is -2.47. The third-order valence-corrected chi connectivity index (χ3v) is 4.50. The molecule has 2 N–H and O–H groups in total. The number of rotatable bonds is 4. The maximum atomic E-state index is 14.4. The van der Waals surface area contributed by atoms with Gasteiger partial charge >= 0.3 is 6.18 Å². The molecule has 0 spiro atoms. The summed E-state index contributed by atoms with van der Waals surface area (Å²) in [6, 6.07) is 6.96. The maximum absolute atomic E-state index is 14.4. The van der Waals surface area contributed by atoms with Gasteiger partial charge in [0.05, 0.1) is 12.2 Å². The standard InChI is InChI=1S/C19H14F4N4O2/c20-14-3-1-11(8-16(28)15-4-2-12(9-24)10-26-15)7-13(14)18(19(21,22)23)5-6-29-17(25)27-18/h1-4,7,10H,5-6,8H2,(H2,25,27)/t18-/m0/s1. The number of halogens is 4. The van der Waals surface area contributed by atoms with Crippen molar-refractivity contribution in [2.75, 3.05) is 6.61 Å². The van der Waals surface area contributed by atoms with Crippen molar-refractivity contribution in [2.24, 2.45) is 10.7 Å². The van der Waals surface area contributed by atoms with Crippen LogP contribution in [0.2, 0.25) is 0 Å². The summed E-state index contributed by atoms with van der Waals surface area (Å²) in [5, 5.41) is 8.76. The summed E-state index contributed by atoms with van der Waals surface area (Å²) < 4.78 is 60.8. The van der Waals surface area contributed by atoms with Crippen molar-refractivity contribution >= 4 is 11.8 Å². The quantitative estimate of drug-likeness (QED) is 0.621. The van der Waals surface area contributed by atoms with Gasteiger partial charge in [0, 0.05) is 24.6 Å². The van der Waals surface area contributed by atoms with E-state index in [1.54, 1.807) is 0 Å². The van der Waals surface area contributed by atoms with Crippen molar-refractivity contribution < 1.29 is 27.1 Å². The molecule has 0 radical (unpaired) electrons. The minimum Gasteiger partial charge on any atom is -0.465 e. The van der Waals surface area contributed by atoms with Crippen LogP contribution in [-0.4, -0.2) is 29.6 Å². The molecule has 0 unspecified atom stereocenters. The van der Waals surface area contributed by atoms with Crippen LogP contribution >= 0.6 is 0 Å². The summed E-state index contributed by atoms with van der Waals surface area (Å²) in [5.74, 6) is -1.61. The largest absolute Gasteiger partial charge is 0.465 e. The van der Waals surface area contributed by atoms with Crippen LogP contribution in [-0.2, 0) is 16.7 Å². The molecule has 0 fully saturated rings. The minimum absolute atomic E-state index is 0.0359. The highest BCUT2D eigenvalue weighted by Crippen LogP contribution is 2.47. The molecular weight excluding hydrogens is 392 g/mol. The Morgan fingerprint density at radius 2 is 2.07 bits per heavy atom. The number of aromatic nitrogens is 1. The first-order valence-electron chi connectivity index (χ1n) is 8.39. The molecule has 3 rings (SSSR count). The minimum atomic E-state index is -4.93. The number of carbonyl (C=O) groups excluding carboxylic acids is 1. The van der Waals surface area contributed by atoms with Gasteiger partial charge in [0.1, 0.15) is 17.6 Å². The van der Waals surface area contributed by atoms with Crippen molar-refractivity contribution in [1.82, 2.24) is 4.98 Å². The molecule has 0 saturated heterocycles. The number of hydrogen-bond acceptors (Lipinski definition) is 6. The molecule has 0 amide bonds. The first-order chi connectivity index (χ1) is 13.7. The normalized spacial score (nSPS) is 19.1. The highest BCUT2D eigenvalue weighted by Gasteiger charge is 2.59. The van der Waals surface area contributed by atoms with Crippen LogP contribution in [0.15, 0.2) is 41.5 Å². The van der Waals surface area contributed by atoms with E-state index in [-0.39, 0.29) is 29.8 Å². The molecule has 1 aromatic heterocycles. The van der Waals surface area contributed by atoms with Gasteiger partial charge in [0.15, 0.2) is 11.3 Å². The average Bonchev–Trinajstić information content (AvgIpc) is 2.68. The van der Waals surface area contributed by atoms with Crippen LogP contribution in [0.4, 0.5) is 17.6 Å². The topological polar surface area (TPSA) is 101 Å². The van der Waals surface area contributed by atoms with Gasteiger partial charge in [-0.25, -0.2) is 9.38 Å². The molecule has 10 heteroatoms. The molecule has 0 aliphatic carbocycles. The van der Waals surface area contributed by atoms with E-state index in [1.165, 1.54) is 24.4 Å².